The number of anilines is 3. The largest absolute Gasteiger partial charge is 0.359 e. The van der Waals surface area contributed by atoms with Crippen molar-refractivity contribution in [2.24, 2.45) is 0 Å². The van der Waals surface area contributed by atoms with E-state index in [0.717, 1.165) is 23.4 Å². The van der Waals surface area contributed by atoms with Crippen molar-refractivity contribution in [3.63, 3.8) is 0 Å². The second-order valence-electron chi connectivity index (χ2n) is 7.22. The zero-order valence-electron chi connectivity index (χ0n) is 16.2. The molecule has 9 nitrogen and oxygen atoms in total. The molecule has 0 amide bonds. The SMILES string of the molecule is Cc1cc(Nc2cc(C3CC3)[nH]n2)nc(NCc2cc(-c3ccc(F)cn3)no2)n1. The van der Waals surface area contributed by atoms with Gasteiger partial charge in [0.05, 0.1) is 18.4 Å². The smallest absolute Gasteiger partial charge is 0.225 e. The van der Waals surface area contributed by atoms with Crippen LogP contribution >= 0.6 is 0 Å². The van der Waals surface area contributed by atoms with Crippen molar-refractivity contribution in [1.82, 2.24) is 30.3 Å². The minimum absolute atomic E-state index is 0.339. The minimum Gasteiger partial charge on any atom is -0.359 e. The molecule has 1 saturated carbocycles. The lowest BCUT2D eigenvalue weighted by molar-refractivity contribution is 0.389. The second-order valence-corrected chi connectivity index (χ2v) is 7.22. The summed E-state index contributed by atoms with van der Waals surface area (Å²) < 4.78 is 18.3. The molecule has 0 unspecified atom stereocenters. The first-order chi connectivity index (χ1) is 14.6. The number of hydrogen-bond acceptors (Lipinski definition) is 8. The molecule has 0 saturated heterocycles. The maximum absolute atomic E-state index is 13.0. The van der Waals surface area contributed by atoms with Crippen molar-refractivity contribution in [3.05, 3.63) is 59.5 Å². The van der Waals surface area contributed by atoms with Crippen molar-refractivity contribution in [2.45, 2.75) is 32.2 Å². The number of aromatic nitrogens is 6. The summed E-state index contributed by atoms with van der Waals surface area (Å²) in [6.07, 6.45) is 3.57. The van der Waals surface area contributed by atoms with Crippen LogP contribution in [0.15, 0.2) is 41.1 Å². The van der Waals surface area contributed by atoms with Gasteiger partial charge >= 0.3 is 0 Å². The number of halogens is 1. The summed E-state index contributed by atoms with van der Waals surface area (Å²) in [6, 6.07) is 8.49. The maximum atomic E-state index is 13.0. The summed E-state index contributed by atoms with van der Waals surface area (Å²) in [7, 11) is 0. The van der Waals surface area contributed by atoms with Crippen LogP contribution in [-0.2, 0) is 6.54 Å². The van der Waals surface area contributed by atoms with Crippen molar-refractivity contribution < 1.29 is 8.91 Å². The zero-order chi connectivity index (χ0) is 20.5. The van der Waals surface area contributed by atoms with Crippen LogP contribution in [0.2, 0.25) is 0 Å². The predicted molar refractivity (Wildman–Crippen MR) is 108 cm³/mol. The Morgan fingerprint density at radius 2 is 2.03 bits per heavy atom. The quantitative estimate of drug-likeness (QED) is 0.423. The number of nitrogens with one attached hydrogen (secondary N) is 3. The van der Waals surface area contributed by atoms with E-state index >= 15 is 0 Å². The molecular weight excluding hydrogens is 387 g/mol. The van der Waals surface area contributed by atoms with Gasteiger partial charge in [0.2, 0.25) is 5.95 Å². The Balaban J connectivity index is 1.25. The third-order valence-electron chi connectivity index (χ3n) is 4.69. The lowest BCUT2D eigenvalue weighted by Crippen LogP contribution is -2.06. The van der Waals surface area contributed by atoms with Gasteiger partial charge < -0.3 is 15.2 Å². The Kier molecular flexibility index (Phi) is 4.58. The third-order valence-corrected chi connectivity index (χ3v) is 4.69. The zero-order valence-corrected chi connectivity index (χ0v) is 16.2. The number of pyridine rings is 1. The monoisotopic (exact) mass is 406 g/mol. The van der Waals surface area contributed by atoms with E-state index in [1.165, 1.54) is 18.9 Å². The summed E-state index contributed by atoms with van der Waals surface area (Å²) in [6.45, 7) is 2.23. The summed E-state index contributed by atoms with van der Waals surface area (Å²) in [4.78, 5) is 12.9. The number of rotatable bonds is 7. The van der Waals surface area contributed by atoms with Gasteiger partial charge in [-0.1, -0.05) is 5.16 Å². The molecule has 4 aromatic rings. The van der Waals surface area contributed by atoms with Crippen molar-refractivity contribution >= 4 is 17.6 Å². The van der Waals surface area contributed by atoms with Gasteiger partial charge in [0.25, 0.3) is 0 Å². The topological polar surface area (TPSA) is 117 Å². The highest BCUT2D eigenvalue weighted by atomic mass is 19.1. The average Bonchev–Trinajstić information content (AvgIpc) is 3.29. The van der Waals surface area contributed by atoms with Crippen molar-refractivity contribution in [1.29, 1.82) is 0 Å². The molecule has 152 valence electrons. The van der Waals surface area contributed by atoms with Crippen LogP contribution in [0.5, 0.6) is 0 Å². The van der Waals surface area contributed by atoms with Crippen LogP contribution in [0, 0.1) is 12.7 Å². The van der Waals surface area contributed by atoms with E-state index in [1.54, 1.807) is 12.1 Å². The predicted octanol–water partition coefficient (Wildman–Crippen LogP) is 3.93. The fourth-order valence-electron chi connectivity index (χ4n) is 3.06. The molecule has 0 bridgehead atoms. The van der Waals surface area contributed by atoms with Gasteiger partial charge in [-0.3, -0.25) is 10.1 Å². The normalized spacial score (nSPS) is 13.4. The van der Waals surface area contributed by atoms with Crippen molar-refractivity contribution in [3.8, 4) is 11.4 Å². The van der Waals surface area contributed by atoms with E-state index < -0.39 is 5.82 Å². The molecule has 0 atom stereocenters. The van der Waals surface area contributed by atoms with Gasteiger partial charge in [-0.2, -0.15) is 10.1 Å². The standard InChI is InChI=1S/C20H19FN8O/c1-11-6-18(25-19-8-16(27-28-19)12-2-3-12)26-20(24-11)23-10-14-7-17(29-30-14)15-5-4-13(21)9-22-15/h4-9,12H,2-3,10H2,1H3,(H3,23,24,25,26,27,28). The molecule has 1 aliphatic carbocycles. The van der Waals surface area contributed by atoms with E-state index in [1.807, 2.05) is 19.1 Å². The van der Waals surface area contributed by atoms with E-state index in [2.05, 4.69) is 40.9 Å². The van der Waals surface area contributed by atoms with Gasteiger partial charge in [-0.25, -0.2) is 9.37 Å². The highest BCUT2D eigenvalue weighted by Gasteiger charge is 2.25. The van der Waals surface area contributed by atoms with Crippen LogP contribution in [0.3, 0.4) is 0 Å². The number of nitrogens with zero attached hydrogens (tertiary/aromatic N) is 5. The first kappa shape index (κ1) is 18.2. The lowest BCUT2D eigenvalue weighted by atomic mass is 10.2. The molecule has 4 heterocycles. The molecular formula is C20H19FN8O. The fourth-order valence-corrected chi connectivity index (χ4v) is 3.06. The molecule has 0 spiro atoms. The van der Waals surface area contributed by atoms with E-state index in [0.29, 0.717) is 41.4 Å². The van der Waals surface area contributed by atoms with Crippen LogP contribution in [0.25, 0.3) is 11.4 Å². The first-order valence-electron chi connectivity index (χ1n) is 9.62. The maximum Gasteiger partial charge on any atom is 0.225 e. The molecule has 1 aliphatic rings. The molecule has 5 rings (SSSR count). The van der Waals surface area contributed by atoms with Crippen LogP contribution in [-0.4, -0.2) is 30.3 Å². The minimum atomic E-state index is -0.399. The Morgan fingerprint density at radius 3 is 2.83 bits per heavy atom. The molecule has 3 N–H and O–H groups in total. The van der Waals surface area contributed by atoms with Crippen molar-refractivity contribution in [2.75, 3.05) is 10.6 Å². The average molecular weight is 406 g/mol. The summed E-state index contributed by atoms with van der Waals surface area (Å²) in [5.74, 6) is 2.61. The van der Waals surface area contributed by atoms with E-state index in [-0.39, 0.29) is 0 Å². The molecule has 0 aromatic carbocycles. The second kappa shape index (κ2) is 7.54. The molecule has 0 aliphatic heterocycles. The summed E-state index contributed by atoms with van der Waals surface area (Å²) in [5, 5.41) is 17.7. The molecule has 0 radical (unpaired) electrons. The van der Waals surface area contributed by atoms with Crippen LogP contribution in [0.4, 0.5) is 22.0 Å². The highest BCUT2D eigenvalue weighted by molar-refractivity contribution is 5.55. The summed E-state index contributed by atoms with van der Waals surface area (Å²) >= 11 is 0. The Hall–Kier alpha value is -3.82. The Labute approximate surface area is 171 Å². The lowest BCUT2D eigenvalue weighted by Gasteiger charge is -2.07. The molecule has 30 heavy (non-hydrogen) atoms. The number of hydrogen-bond donors (Lipinski definition) is 3. The first-order valence-corrected chi connectivity index (χ1v) is 9.62. The Morgan fingerprint density at radius 1 is 1.13 bits per heavy atom. The summed E-state index contributed by atoms with van der Waals surface area (Å²) in [5.41, 5.74) is 3.03. The van der Waals surface area contributed by atoms with Gasteiger partial charge in [0.1, 0.15) is 17.3 Å². The third kappa shape index (κ3) is 4.12. The molecule has 1 fully saturated rings. The number of aromatic amines is 1. The molecule has 4 aromatic heterocycles. The highest BCUT2D eigenvalue weighted by Crippen LogP contribution is 2.39. The van der Waals surface area contributed by atoms with Gasteiger partial charge in [-0.05, 0) is 31.9 Å². The van der Waals surface area contributed by atoms with E-state index in [4.69, 9.17) is 4.52 Å². The van der Waals surface area contributed by atoms with Gasteiger partial charge in [0, 0.05) is 35.5 Å². The molecule has 10 heteroatoms. The van der Waals surface area contributed by atoms with Gasteiger partial charge in [-0.15, -0.1) is 0 Å². The Bertz CT molecular complexity index is 1170. The number of H-pyrrole nitrogens is 1. The van der Waals surface area contributed by atoms with Crippen LogP contribution < -0.4 is 10.6 Å². The fraction of sp³-hybridized carbons (Fsp3) is 0.250. The number of aryl methyl sites for hydroxylation is 1. The van der Waals surface area contributed by atoms with E-state index in [9.17, 15) is 4.39 Å². The van der Waals surface area contributed by atoms with Gasteiger partial charge in [0.15, 0.2) is 11.6 Å². The van der Waals surface area contributed by atoms with Crippen LogP contribution in [0.1, 0.15) is 35.9 Å².